The van der Waals surface area contributed by atoms with Crippen molar-refractivity contribution in [3.05, 3.63) is 95.8 Å². The van der Waals surface area contributed by atoms with E-state index in [2.05, 4.69) is 5.32 Å². The SMILES string of the molecule is Cc1cccc(-n2nc(-c3cccn3C)cc2C(=O)N[C@@H](C)c2ccccc2)c1. The van der Waals surface area contributed by atoms with Crippen LogP contribution in [0.4, 0.5) is 0 Å². The first kappa shape index (κ1) is 18.7. The topological polar surface area (TPSA) is 51.9 Å². The fourth-order valence-electron chi connectivity index (χ4n) is 3.45. The summed E-state index contributed by atoms with van der Waals surface area (Å²) < 4.78 is 3.72. The molecule has 29 heavy (non-hydrogen) atoms. The van der Waals surface area contributed by atoms with Gasteiger partial charge in [-0.3, -0.25) is 4.79 Å². The van der Waals surface area contributed by atoms with Gasteiger partial charge in [0.25, 0.3) is 5.91 Å². The predicted molar refractivity (Wildman–Crippen MR) is 115 cm³/mol. The van der Waals surface area contributed by atoms with Crippen LogP contribution in [0, 0.1) is 6.92 Å². The van der Waals surface area contributed by atoms with Crippen molar-refractivity contribution < 1.29 is 4.79 Å². The number of rotatable bonds is 5. The van der Waals surface area contributed by atoms with Crippen LogP contribution in [0.1, 0.15) is 34.6 Å². The number of nitrogens with one attached hydrogen (secondary N) is 1. The van der Waals surface area contributed by atoms with Crippen LogP contribution in [0.5, 0.6) is 0 Å². The highest BCUT2D eigenvalue weighted by atomic mass is 16.2. The molecule has 5 nitrogen and oxygen atoms in total. The Balaban J connectivity index is 1.73. The van der Waals surface area contributed by atoms with Gasteiger partial charge in [0.05, 0.1) is 17.4 Å². The highest BCUT2D eigenvalue weighted by Crippen LogP contribution is 2.23. The molecule has 1 amide bonds. The molecule has 0 saturated heterocycles. The number of aromatic nitrogens is 3. The zero-order chi connectivity index (χ0) is 20.4. The maximum Gasteiger partial charge on any atom is 0.270 e. The molecule has 4 aromatic rings. The van der Waals surface area contributed by atoms with Crippen LogP contribution in [0.25, 0.3) is 17.1 Å². The quantitative estimate of drug-likeness (QED) is 0.543. The van der Waals surface area contributed by atoms with E-state index in [-0.39, 0.29) is 11.9 Å². The maximum absolute atomic E-state index is 13.2. The first-order valence-corrected chi connectivity index (χ1v) is 9.67. The van der Waals surface area contributed by atoms with Crippen LogP contribution in [0.2, 0.25) is 0 Å². The molecule has 5 heteroatoms. The molecule has 1 N–H and O–H groups in total. The zero-order valence-corrected chi connectivity index (χ0v) is 16.8. The normalized spacial score (nSPS) is 12.0. The van der Waals surface area contributed by atoms with Crippen molar-refractivity contribution in [1.82, 2.24) is 19.7 Å². The Morgan fingerprint density at radius 1 is 1.00 bits per heavy atom. The Labute approximate surface area is 170 Å². The Morgan fingerprint density at radius 2 is 1.79 bits per heavy atom. The zero-order valence-electron chi connectivity index (χ0n) is 16.8. The van der Waals surface area contributed by atoms with Crippen LogP contribution in [0.15, 0.2) is 79.0 Å². The minimum absolute atomic E-state index is 0.108. The summed E-state index contributed by atoms with van der Waals surface area (Å²) in [4.78, 5) is 13.2. The fraction of sp³-hybridized carbons (Fsp3) is 0.167. The van der Waals surface area contributed by atoms with Crippen molar-refractivity contribution in [2.75, 3.05) is 0 Å². The molecular formula is C24H24N4O. The summed E-state index contributed by atoms with van der Waals surface area (Å²) in [5, 5.41) is 7.86. The number of amides is 1. The largest absolute Gasteiger partial charge is 0.349 e. The lowest BCUT2D eigenvalue weighted by Crippen LogP contribution is -2.28. The van der Waals surface area contributed by atoms with E-state index in [9.17, 15) is 4.79 Å². The predicted octanol–water partition coefficient (Wildman–Crippen LogP) is 4.68. The summed E-state index contributed by atoms with van der Waals surface area (Å²) in [6.45, 7) is 4.01. The van der Waals surface area contributed by atoms with E-state index in [1.807, 2.05) is 104 Å². The summed E-state index contributed by atoms with van der Waals surface area (Å²) in [5.74, 6) is -0.157. The van der Waals surface area contributed by atoms with Gasteiger partial charge in [-0.15, -0.1) is 0 Å². The van der Waals surface area contributed by atoms with Gasteiger partial charge in [-0.05, 0) is 55.3 Å². The van der Waals surface area contributed by atoms with E-state index >= 15 is 0 Å². The van der Waals surface area contributed by atoms with Gasteiger partial charge in [0, 0.05) is 13.2 Å². The molecule has 2 heterocycles. The third-order valence-electron chi connectivity index (χ3n) is 5.04. The van der Waals surface area contributed by atoms with Gasteiger partial charge in [-0.25, -0.2) is 4.68 Å². The molecule has 0 unspecified atom stereocenters. The number of benzene rings is 2. The molecule has 0 aliphatic rings. The standard InChI is InChI=1S/C24H24N4O/c1-17-9-7-12-20(15-17)28-23(16-21(26-28)22-13-8-14-27(22)3)24(29)25-18(2)19-10-5-4-6-11-19/h4-16,18H,1-3H3,(H,25,29)/t18-/m0/s1. The van der Waals surface area contributed by atoms with Crippen molar-refractivity contribution in [1.29, 1.82) is 0 Å². The molecule has 4 rings (SSSR count). The van der Waals surface area contributed by atoms with Gasteiger partial charge in [-0.2, -0.15) is 5.10 Å². The Bertz CT molecular complexity index is 1140. The summed E-state index contributed by atoms with van der Waals surface area (Å²) in [5.41, 5.74) is 5.27. The molecule has 0 radical (unpaired) electrons. The van der Waals surface area contributed by atoms with E-state index in [0.717, 1.165) is 28.2 Å². The molecular weight excluding hydrogens is 360 g/mol. The van der Waals surface area contributed by atoms with Crippen LogP contribution in [-0.4, -0.2) is 20.3 Å². The third kappa shape index (κ3) is 3.85. The van der Waals surface area contributed by atoms with Crippen LogP contribution >= 0.6 is 0 Å². The number of hydrogen-bond donors (Lipinski definition) is 1. The Kier molecular flexibility index (Phi) is 5.04. The molecule has 0 fully saturated rings. The molecule has 2 aromatic heterocycles. The molecule has 0 spiro atoms. The van der Waals surface area contributed by atoms with Crippen LogP contribution < -0.4 is 5.32 Å². The highest BCUT2D eigenvalue weighted by molar-refractivity contribution is 5.94. The molecule has 0 bridgehead atoms. The summed E-state index contributed by atoms with van der Waals surface area (Å²) in [6, 6.07) is 23.7. The lowest BCUT2D eigenvalue weighted by Gasteiger charge is -2.15. The Morgan fingerprint density at radius 3 is 2.48 bits per heavy atom. The van der Waals surface area contributed by atoms with Gasteiger partial charge in [0.2, 0.25) is 0 Å². The average molecular weight is 384 g/mol. The van der Waals surface area contributed by atoms with Gasteiger partial charge < -0.3 is 9.88 Å². The van der Waals surface area contributed by atoms with Gasteiger partial charge >= 0.3 is 0 Å². The molecule has 0 saturated carbocycles. The number of aryl methyl sites for hydroxylation is 2. The molecule has 1 atom stereocenters. The monoisotopic (exact) mass is 384 g/mol. The smallest absolute Gasteiger partial charge is 0.270 e. The second-order valence-corrected chi connectivity index (χ2v) is 7.28. The van der Waals surface area contributed by atoms with E-state index in [1.165, 1.54) is 0 Å². The Hall–Kier alpha value is -3.60. The van der Waals surface area contributed by atoms with Crippen molar-refractivity contribution in [2.24, 2.45) is 7.05 Å². The first-order valence-electron chi connectivity index (χ1n) is 9.67. The van der Waals surface area contributed by atoms with E-state index in [4.69, 9.17) is 5.10 Å². The lowest BCUT2D eigenvalue weighted by molar-refractivity contribution is 0.0932. The van der Waals surface area contributed by atoms with Gasteiger partial charge in [0.15, 0.2) is 0 Å². The molecule has 146 valence electrons. The maximum atomic E-state index is 13.2. The summed E-state index contributed by atoms with van der Waals surface area (Å²) >= 11 is 0. The van der Waals surface area contributed by atoms with Crippen molar-refractivity contribution in [2.45, 2.75) is 19.9 Å². The van der Waals surface area contributed by atoms with Crippen LogP contribution in [-0.2, 0) is 7.05 Å². The van der Waals surface area contributed by atoms with Crippen LogP contribution in [0.3, 0.4) is 0 Å². The summed E-state index contributed by atoms with van der Waals surface area (Å²) in [7, 11) is 1.97. The molecule has 2 aromatic carbocycles. The van der Waals surface area contributed by atoms with Gasteiger partial charge in [-0.1, -0.05) is 42.5 Å². The van der Waals surface area contributed by atoms with Crippen molar-refractivity contribution >= 4 is 5.91 Å². The van der Waals surface area contributed by atoms with Crippen molar-refractivity contribution in [3.63, 3.8) is 0 Å². The van der Waals surface area contributed by atoms with E-state index in [0.29, 0.717) is 5.69 Å². The third-order valence-corrected chi connectivity index (χ3v) is 5.04. The second kappa shape index (κ2) is 7.80. The molecule has 0 aliphatic heterocycles. The number of carbonyl (C=O) groups excluding carboxylic acids is 1. The number of carbonyl (C=O) groups is 1. The van der Waals surface area contributed by atoms with Crippen molar-refractivity contribution in [3.8, 4) is 17.1 Å². The average Bonchev–Trinajstić information content (AvgIpc) is 3.35. The number of hydrogen-bond acceptors (Lipinski definition) is 2. The summed E-state index contributed by atoms with van der Waals surface area (Å²) in [6.07, 6.45) is 1.97. The van der Waals surface area contributed by atoms with Gasteiger partial charge in [0.1, 0.15) is 11.4 Å². The van der Waals surface area contributed by atoms with E-state index in [1.54, 1.807) is 4.68 Å². The minimum Gasteiger partial charge on any atom is -0.349 e. The minimum atomic E-state index is -0.157. The number of nitrogens with zero attached hydrogens (tertiary/aromatic N) is 3. The fourth-order valence-corrected chi connectivity index (χ4v) is 3.45. The second-order valence-electron chi connectivity index (χ2n) is 7.28. The van der Waals surface area contributed by atoms with E-state index < -0.39 is 0 Å². The lowest BCUT2D eigenvalue weighted by atomic mass is 10.1. The highest BCUT2D eigenvalue weighted by Gasteiger charge is 2.20. The molecule has 0 aliphatic carbocycles. The first-order chi connectivity index (χ1) is 14.0.